The first-order valence-electron chi connectivity index (χ1n) is 6.75. The summed E-state index contributed by atoms with van der Waals surface area (Å²) in [5.74, 6) is 0. The van der Waals surface area contributed by atoms with Crippen molar-refractivity contribution in [3.8, 4) is 0 Å². The summed E-state index contributed by atoms with van der Waals surface area (Å²) in [6.07, 6.45) is -5.96. The van der Waals surface area contributed by atoms with E-state index < -0.39 is 49.5 Å². The Hall–Kier alpha value is -0.320. The van der Waals surface area contributed by atoms with E-state index in [0.29, 0.717) is 13.0 Å². The lowest BCUT2D eigenvalue weighted by atomic mass is 10.0. The topological polar surface area (TPSA) is 129 Å². The second kappa shape index (κ2) is 7.10. The number of aliphatic hydroxyl groups is 5. The summed E-state index contributed by atoms with van der Waals surface area (Å²) in [6.45, 7) is -0.424. The minimum Gasteiger partial charge on any atom is -0.394 e. The monoisotopic (exact) mass is 294 g/mol. The molecular weight excluding hydrogens is 272 g/mol. The van der Waals surface area contributed by atoms with Crippen molar-refractivity contribution in [1.29, 1.82) is 0 Å². The maximum atomic E-state index is 9.91. The summed E-state index contributed by atoms with van der Waals surface area (Å²) < 4.78 is 16.2. The first kappa shape index (κ1) is 16.1. The van der Waals surface area contributed by atoms with Gasteiger partial charge in [0.05, 0.1) is 25.4 Å². The van der Waals surface area contributed by atoms with Crippen molar-refractivity contribution in [2.75, 3.05) is 19.8 Å². The maximum Gasteiger partial charge on any atom is 0.161 e. The van der Waals surface area contributed by atoms with E-state index in [-0.39, 0.29) is 13.0 Å². The number of hydrogen-bond donors (Lipinski definition) is 5. The third kappa shape index (κ3) is 3.46. The zero-order chi connectivity index (χ0) is 14.7. The Morgan fingerprint density at radius 1 is 1.00 bits per heavy atom. The molecule has 0 aromatic heterocycles. The maximum absolute atomic E-state index is 9.91. The van der Waals surface area contributed by atoms with Crippen LogP contribution in [0.1, 0.15) is 12.8 Å². The molecule has 2 aliphatic rings. The first-order valence-corrected chi connectivity index (χ1v) is 6.75. The second-order valence-electron chi connectivity index (χ2n) is 5.13. The lowest BCUT2D eigenvalue weighted by molar-refractivity contribution is -0.297. The van der Waals surface area contributed by atoms with Gasteiger partial charge in [0.1, 0.15) is 24.4 Å². The van der Waals surface area contributed by atoms with Crippen LogP contribution in [0, 0.1) is 0 Å². The van der Waals surface area contributed by atoms with Gasteiger partial charge in [-0.15, -0.1) is 0 Å². The number of rotatable bonds is 4. The van der Waals surface area contributed by atoms with Crippen LogP contribution < -0.4 is 0 Å². The van der Waals surface area contributed by atoms with E-state index in [9.17, 15) is 20.4 Å². The molecular formula is C12H22O8. The van der Waals surface area contributed by atoms with Gasteiger partial charge >= 0.3 is 0 Å². The molecule has 20 heavy (non-hydrogen) atoms. The number of aliphatic hydroxyl groups excluding tert-OH is 5. The van der Waals surface area contributed by atoms with Crippen molar-refractivity contribution < 1.29 is 39.7 Å². The number of ether oxygens (including phenoxy) is 3. The van der Waals surface area contributed by atoms with E-state index in [0.717, 1.165) is 0 Å². The fourth-order valence-corrected chi connectivity index (χ4v) is 2.51. The molecule has 0 saturated carbocycles. The molecule has 0 aromatic carbocycles. The van der Waals surface area contributed by atoms with Gasteiger partial charge in [-0.05, 0) is 6.42 Å². The normalized spacial score (nSPS) is 46.4. The quantitative estimate of drug-likeness (QED) is 0.380. The van der Waals surface area contributed by atoms with Crippen molar-refractivity contribution in [2.24, 2.45) is 0 Å². The lowest BCUT2D eigenvalue weighted by Gasteiger charge is -2.41. The second-order valence-corrected chi connectivity index (χ2v) is 5.13. The van der Waals surface area contributed by atoms with Crippen LogP contribution in [0.2, 0.25) is 0 Å². The Kier molecular flexibility index (Phi) is 5.70. The SMILES string of the molecule is OC[C@H]1O[C@H](O[C@H]2C(O)CCO[C@@H]2CO)C[C@@H](O)C1O. The van der Waals surface area contributed by atoms with Gasteiger partial charge in [-0.25, -0.2) is 0 Å². The molecule has 2 aliphatic heterocycles. The van der Waals surface area contributed by atoms with E-state index in [4.69, 9.17) is 19.3 Å². The Bertz CT molecular complexity index is 301. The van der Waals surface area contributed by atoms with E-state index >= 15 is 0 Å². The van der Waals surface area contributed by atoms with Crippen LogP contribution in [0.3, 0.4) is 0 Å². The van der Waals surface area contributed by atoms with Gasteiger partial charge in [0.2, 0.25) is 0 Å². The molecule has 0 amide bonds. The largest absolute Gasteiger partial charge is 0.394 e. The Morgan fingerprint density at radius 2 is 1.70 bits per heavy atom. The van der Waals surface area contributed by atoms with Crippen molar-refractivity contribution >= 4 is 0 Å². The highest BCUT2D eigenvalue weighted by molar-refractivity contribution is 4.86. The van der Waals surface area contributed by atoms with E-state index in [1.807, 2.05) is 0 Å². The van der Waals surface area contributed by atoms with Gasteiger partial charge in [-0.3, -0.25) is 0 Å². The molecule has 0 radical (unpaired) electrons. The Morgan fingerprint density at radius 3 is 2.35 bits per heavy atom. The molecule has 2 saturated heterocycles. The molecule has 0 spiro atoms. The van der Waals surface area contributed by atoms with Crippen LogP contribution in [0.15, 0.2) is 0 Å². The minimum atomic E-state index is -1.18. The molecule has 0 aromatic rings. The van der Waals surface area contributed by atoms with Gasteiger partial charge in [0.15, 0.2) is 6.29 Å². The molecule has 7 atom stereocenters. The molecule has 2 heterocycles. The van der Waals surface area contributed by atoms with Crippen molar-refractivity contribution in [3.05, 3.63) is 0 Å². The third-order valence-electron chi connectivity index (χ3n) is 3.70. The van der Waals surface area contributed by atoms with Crippen molar-refractivity contribution in [2.45, 2.75) is 55.8 Å². The Balaban J connectivity index is 1.97. The summed E-state index contributed by atoms with van der Waals surface area (Å²) in [7, 11) is 0. The Labute approximate surface area is 116 Å². The molecule has 8 nitrogen and oxygen atoms in total. The smallest absolute Gasteiger partial charge is 0.161 e. The van der Waals surface area contributed by atoms with E-state index in [1.54, 1.807) is 0 Å². The predicted molar refractivity (Wildman–Crippen MR) is 64.7 cm³/mol. The van der Waals surface area contributed by atoms with Gasteiger partial charge in [-0.2, -0.15) is 0 Å². The standard InChI is InChI=1S/C12H22O8/c13-4-8-11(17)7(16)3-10(19-8)20-12-6(15)1-2-18-9(12)5-14/h6-17H,1-5H2/t6?,7-,8-,9-,10-,11?,12+/m1/s1. The average molecular weight is 294 g/mol. The van der Waals surface area contributed by atoms with Crippen LogP contribution in [-0.4, -0.2) is 88.3 Å². The molecule has 0 aliphatic carbocycles. The van der Waals surface area contributed by atoms with Gasteiger partial charge in [0, 0.05) is 13.0 Å². The van der Waals surface area contributed by atoms with Crippen LogP contribution in [0.4, 0.5) is 0 Å². The molecule has 118 valence electrons. The van der Waals surface area contributed by atoms with Crippen LogP contribution in [0.25, 0.3) is 0 Å². The fraction of sp³-hybridized carbons (Fsp3) is 1.00. The van der Waals surface area contributed by atoms with E-state index in [2.05, 4.69) is 0 Å². The molecule has 2 rings (SSSR count). The molecule has 5 N–H and O–H groups in total. The zero-order valence-electron chi connectivity index (χ0n) is 11.0. The third-order valence-corrected chi connectivity index (χ3v) is 3.70. The highest BCUT2D eigenvalue weighted by Crippen LogP contribution is 2.26. The zero-order valence-corrected chi connectivity index (χ0v) is 11.0. The van der Waals surface area contributed by atoms with Gasteiger partial charge in [0.25, 0.3) is 0 Å². The highest BCUT2D eigenvalue weighted by Gasteiger charge is 2.41. The van der Waals surface area contributed by atoms with Crippen LogP contribution in [-0.2, 0) is 14.2 Å². The van der Waals surface area contributed by atoms with Gasteiger partial charge < -0.3 is 39.7 Å². The molecule has 2 unspecified atom stereocenters. The summed E-state index contributed by atoms with van der Waals surface area (Å²) in [5.41, 5.74) is 0. The minimum absolute atomic E-state index is 0.0129. The summed E-state index contributed by atoms with van der Waals surface area (Å²) in [5, 5.41) is 47.5. The summed E-state index contributed by atoms with van der Waals surface area (Å²) in [4.78, 5) is 0. The van der Waals surface area contributed by atoms with Crippen molar-refractivity contribution in [1.82, 2.24) is 0 Å². The van der Waals surface area contributed by atoms with Crippen LogP contribution >= 0.6 is 0 Å². The van der Waals surface area contributed by atoms with E-state index in [1.165, 1.54) is 0 Å². The molecule has 0 bridgehead atoms. The van der Waals surface area contributed by atoms with Crippen LogP contribution in [0.5, 0.6) is 0 Å². The first-order chi connectivity index (χ1) is 9.56. The predicted octanol–water partition coefficient (Wildman–Crippen LogP) is -2.66. The van der Waals surface area contributed by atoms with Gasteiger partial charge in [-0.1, -0.05) is 0 Å². The lowest BCUT2D eigenvalue weighted by Crippen LogP contribution is -2.55. The summed E-state index contributed by atoms with van der Waals surface area (Å²) >= 11 is 0. The molecule has 2 fully saturated rings. The fourth-order valence-electron chi connectivity index (χ4n) is 2.51. The summed E-state index contributed by atoms with van der Waals surface area (Å²) in [6, 6.07) is 0. The average Bonchev–Trinajstić information content (AvgIpc) is 2.44. The molecule has 8 heteroatoms. The number of hydrogen-bond acceptors (Lipinski definition) is 8. The highest BCUT2D eigenvalue weighted by atomic mass is 16.7. The van der Waals surface area contributed by atoms with Crippen molar-refractivity contribution in [3.63, 3.8) is 0 Å².